The Kier molecular flexibility index (Phi) is 4.07. The molecule has 0 unspecified atom stereocenters. The molecule has 0 saturated heterocycles. The fraction of sp³-hybridized carbons (Fsp3) is 0.864. The highest BCUT2D eigenvalue weighted by Gasteiger charge is 2.59. The third kappa shape index (κ3) is 2.23. The zero-order valence-corrected chi connectivity index (χ0v) is 15.7. The summed E-state index contributed by atoms with van der Waals surface area (Å²) in [6.07, 6.45) is 14.0. The van der Waals surface area contributed by atoms with Gasteiger partial charge in [-0.05, 0) is 73.5 Å². The van der Waals surface area contributed by atoms with Crippen LogP contribution in [0, 0.1) is 51.8 Å². The standard InChI is InChI=1S/C22H34N2/c1-15(10-13-23)17-6-7-18-16-5-8-20-22(3,11-4-14-24-20)19(16)9-12-21(17,18)2/h4,11,15-20,24H,5-10,12,14H2,1-3H3/t15-,16+,17-,18+,19+,20-,21-,22-/m1/s1. The second-order valence-electron chi connectivity index (χ2n) is 9.75. The first-order valence-electron chi connectivity index (χ1n) is 10.3. The number of nitriles is 1. The summed E-state index contributed by atoms with van der Waals surface area (Å²) in [4.78, 5) is 0. The van der Waals surface area contributed by atoms with E-state index in [0.29, 0.717) is 22.8 Å². The van der Waals surface area contributed by atoms with Crippen molar-refractivity contribution in [2.45, 2.75) is 71.8 Å². The molecule has 0 aromatic heterocycles. The van der Waals surface area contributed by atoms with E-state index in [1.54, 1.807) is 0 Å². The summed E-state index contributed by atoms with van der Waals surface area (Å²) >= 11 is 0. The monoisotopic (exact) mass is 326 g/mol. The maximum Gasteiger partial charge on any atom is 0.0624 e. The molecule has 3 fully saturated rings. The van der Waals surface area contributed by atoms with Crippen molar-refractivity contribution in [1.29, 1.82) is 5.26 Å². The van der Waals surface area contributed by atoms with Crippen molar-refractivity contribution < 1.29 is 0 Å². The number of hydrogen-bond donors (Lipinski definition) is 1. The molecule has 0 amide bonds. The van der Waals surface area contributed by atoms with Gasteiger partial charge in [-0.15, -0.1) is 0 Å². The maximum atomic E-state index is 9.16. The van der Waals surface area contributed by atoms with Crippen LogP contribution in [0.3, 0.4) is 0 Å². The predicted octanol–water partition coefficient (Wildman–Crippen LogP) is 4.92. The number of nitrogens with one attached hydrogen (secondary N) is 1. The normalized spacial score (nSPS) is 51.2. The van der Waals surface area contributed by atoms with Crippen LogP contribution in [-0.2, 0) is 0 Å². The lowest BCUT2D eigenvalue weighted by Gasteiger charge is -2.59. The first-order valence-corrected chi connectivity index (χ1v) is 10.3. The van der Waals surface area contributed by atoms with E-state index >= 15 is 0 Å². The molecule has 24 heavy (non-hydrogen) atoms. The van der Waals surface area contributed by atoms with E-state index in [4.69, 9.17) is 5.26 Å². The molecule has 8 atom stereocenters. The SMILES string of the molecule is C[C@H](CC#N)[C@H]1CC[C@H]2[C@@H]3CC[C@H]4NCC=C[C@]4(C)[C@H]3CC[C@]12C. The number of nitrogens with zero attached hydrogens (tertiary/aromatic N) is 1. The Labute approximate surface area is 148 Å². The molecule has 0 spiro atoms. The molecule has 4 rings (SSSR count). The Balaban J connectivity index is 1.61. The molecule has 1 heterocycles. The van der Waals surface area contributed by atoms with Crippen LogP contribution in [0.1, 0.15) is 65.7 Å². The lowest BCUT2D eigenvalue weighted by molar-refractivity contribution is -0.0716. The molecule has 0 radical (unpaired) electrons. The molecular weight excluding hydrogens is 292 g/mol. The Morgan fingerprint density at radius 1 is 1.17 bits per heavy atom. The summed E-state index contributed by atoms with van der Waals surface area (Å²) in [5.74, 6) is 4.02. The molecule has 1 aliphatic heterocycles. The lowest BCUT2D eigenvalue weighted by Crippen LogP contribution is -2.58. The first-order chi connectivity index (χ1) is 11.5. The average molecular weight is 327 g/mol. The molecule has 1 N–H and O–H groups in total. The van der Waals surface area contributed by atoms with Gasteiger partial charge in [-0.25, -0.2) is 0 Å². The van der Waals surface area contributed by atoms with Crippen LogP contribution in [0.25, 0.3) is 0 Å². The molecule has 0 bridgehead atoms. The van der Waals surface area contributed by atoms with Gasteiger partial charge in [0.15, 0.2) is 0 Å². The summed E-state index contributed by atoms with van der Waals surface area (Å²) in [6.45, 7) is 8.51. The topological polar surface area (TPSA) is 35.8 Å². The van der Waals surface area contributed by atoms with E-state index in [-0.39, 0.29) is 0 Å². The molecule has 2 nitrogen and oxygen atoms in total. The van der Waals surface area contributed by atoms with Gasteiger partial charge in [0.25, 0.3) is 0 Å². The van der Waals surface area contributed by atoms with Gasteiger partial charge in [0.1, 0.15) is 0 Å². The second kappa shape index (κ2) is 5.87. The Bertz CT molecular complexity index is 561. The van der Waals surface area contributed by atoms with Gasteiger partial charge < -0.3 is 5.32 Å². The van der Waals surface area contributed by atoms with Crippen molar-refractivity contribution in [1.82, 2.24) is 5.32 Å². The van der Waals surface area contributed by atoms with Crippen LogP contribution in [0.15, 0.2) is 12.2 Å². The minimum absolute atomic E-state index is 0.374. The van der Waals surface area contributed by atoms with Gasteiger partial charge in [-0.3, -0.25) is 0 Å². The maximum absolute atomic E-state index is 9.16. The van der Waals surface area contributed by atoms with Crippen molar-refractivity contribution in [3.8, 4) is 6.07 Å². The van der Waals surface area contributed by atoms with Gasteiger partial charge >= 0.3 is 0 Å². The third-order valence-corrected chi connectivity index (χ3v) is 8.91. The Morgan fingerprint density at radius 2 is 2.00 bits per heavy atom. The van der Waals surface area contributed by atoms with E-state index < -0.39 is 0 Å². The fourth-order valence-electron chi connectivity index (χ4n) is 7.74. The first kappa shape index (κ1) is 16.6. The average Bonchev–Trinajstić information content (AvgIpc) is 2.92. The van der Waals surface area contributed by atoms with E-state index in [2.05, 4.69) is 44.3 Å². The number of fused-ring (bicyclic) bond motifs is 5. The van der Waals surface area contributed by atoms with E-state index in [9.17, 15) is 0 Å². The van der Waals surface area contributed by atoms with Crippen molar-refractivity contribution in [3.05, 3.63) is 12.2 Å². The third-order valence-electron chi connectivity index (χ3n) is 8.91. The Morgan fingerprint density at radius 3 is 2.79 bits per heavy atom. The Hall–Kier alpha value is -0.810. The van der Waals surface area contributed by atoms with Gasteiger partial charge in [0.2, 0.25) is 0 Å². The molecule has 3 aliphatic carbocycles. The smallest absolute Gasteiger partial charge is 0.0624 e. The largest absolute Gasteiger partial charge is 0.310 e. The van der Waals surface area contributed by atoms with Crippen molar-refractivity contribution in [3.63, 3.8) is 0 Å². The fourth-order valence-corrected chi connectivity index (χ4v) is 7.74. The highest BCUT2D eigenvalue weighted by atomic mass is 14.9. The minimum atomic E-state index is 0.374. The predicted molar refractivity (Wildman–Crippen MR) is 98.2 cm³/mol. The lowest BCUT2D eigenvalue weighted by atomic mass is 9.47. The van der Waals surface area contributed by atoms with Crippen LogP contribution in [-0.4, -0.2) is 12.6 Å². The summed E-state index contributed by atoms with van der Waals surface area (Å²) < 4.78 is 0. The van der Waals surface area contributed by atoms with Crippen molar-refractivity contribution >= 4 is 0 Å². The van der Waals surface area contributed by atoms with Gasteiger partial charge in [0.05, 0.1) is 6.07 Å². The quantitative estimate of drug-likeness (QED) is 0.731. The molecule has 0 aromatic carbocycles. The minimum Gasteiger partial charge on any atom is -0.310 e. The van der Waals surface area contributed by atoms with Crippen LogP contribution in [0.2, 0.25) is 0 Å². The second-order valence-corrected chi connectivity index (χ2v) is 9.75. The highest BCUT2D eigenvalue weighted by Crippen LogP contribution is 2.66. The molecule has 132 valence electrons. The summed E-state index contributed by atoms with van der Waals surface area (Å²) in [7, 11) is 0. The molecule has 2 heteroatoms. The van der Waals surface area contributed by atoms with Crippen LogP contribution >= 0.6 is 0 Å². The summed E-state index contributed by atoms with van der Waals surface area (Å²) in [5, 5.41) is 12.9. The van der Waals surface area contributed by atoms with E-state index in [1.807, 2.05) is 0 Å². The van der Waals surface area contributed by atoms with E-state index in [0.717, 1.165) is 36.6 Å². The summed E-state index contributed by atoms with van der Waals surface area (Å²) in [6, 6.07) is 3.14. The highest BCUT2D eigenvalue weighted by molar-refractivity contribution is 5.18. The number of rotatable bonds is 2. The molecular formula is C22H34N2. The van der Waals surface area contributed by atoms with Crippen molar-refractivity contribution in [2.24, 2.45) is 40.4 Å². The van der Waals surface area contributed by atoms with Crippen molar-refractivity contribution in [2.75, 3.05) is 6.54 Å². The van der Waals surface area contributed by atoms with Gasteiger partial charge in [-0.1, -0.05) is 32.9 Å². The van der Waals surface area contributed by atoms with Gasteiger partial charge in [0, 0.05) is 24.4 Å². The van der Waals surface area contributed by atoms with Crippen LogP contribution in [0.5, 0.6) is 0 Å². The number of hydrogen-bond acceptors (Lipinski definition) is 2. The molecule has 4 aliphatic rings. The van der Waals surface area contributed by atoms with Crippen LogP contribution in [0.4, 0.5) is 0 Å². The zero-order valence-electron chi connectivity index (χ0n) is 15.7. The molecule has 0 aromatic rings. The zero-order chi connectivity index (χ0) is 16.9. The van der Waals surface area contributed by atoms with Crippen LogP contribution < -0.4 is 5.32 Å². The van der Waals surface area contributed by atoms with Gasteiger partial charge in [-0.2, -0.15) is 5.26 Å². The molecule has 3 saturated carbocycles. The van der Waals surface area contributed by atoms with E-state index in [1.165, 1.54) is 38.5 Å². The summed E-state index contributed by atoms with van der Waals surface area (Å²) in [5.41, 5.74) is 0.866.